The molecule has 0 spiro atoms. The van der Waals surface area contributed by atoms with Gasteiger partial charge in [-0.3, -0.25) is 4.79 Å². The zero-order valence-electron chi connectivity index (χ0n) is 12.5. The minimum absolute atomic E-state index is 0. The molecule has 0 aromatic heterocycles. The summed E-state index contributed by atoms with van der Waals surface area (Å²) in [5.41, 5.74) is 5.90. The lowest BCUT2D eigenvalue weighted by molar-refractivity contribution is -0.134. The molecule has 3 atom stereocenters. The quantitative estimate of drug-likeness (QED) is 0.862. The molecule has 4 nitrogen and oxygen atoms in total. The van der Waals surface area contributed by atoms with Crippen molar-refractivity contribution in [2.75, 3.05) is 20.6 Å². The molecule has 1 rings (SSSR count). The molecular formula is C13H29Cl2N3O. The van der Waals surface area contributed by atoms with Crippen molar-refractivity contribution in [3.8, 4) is 0 Å². The third-order valence-corrected chi connectivity index (χ3v) is 3.99. The number of amides is 1. The summed E-state index contributed by atoms with van der Waals surface area (Å²) >= 11 is 0. The third-order valence-electron chi connectivity index (χ3n) is 3.99. The van der Waals surface area contributed by atoms with Crippen LogP contribution in [0.3, 0.4) is 0 Å². The molecule has 1 amide bonds. The fourth-order valence-corrected chi connectivity index (χ4v) is 2.49. The second kappa shape index (κ2) is 9.81. The second-order valence-corrected chi connectivity index (χ2v) is 5.35. The maximum Gasteiger partial charge on any atom is 0.239 e. The molecule has 0 aliphatic carbocycles. The van der Waals surface area contributed by atoms with E-state index in [9.17, 15) is 4.79 Å². The predicted molar refractivity (Wildman–Crippen MR) is 85.3 cm³/mol. The van der Waals surface area contributed by atoms with Gasteiger partial charge < -0.3 is 15.5 Å². The summed E-state index contributed by atoms with van der Waals surface area (Å²) in [6, 6.07) is 0.586. The summed E-state index contributed by atoms with van der Waals surface area (Å²) in [5, 5.41) is 0. The van der Waals surface area contributed by atoms with Crippen LogP contribution in [0.15, 0.2) is 0 Å². The van der Waals surface area contributed by atoms with E-state index < -0.39 is 0 Å². The number of hydrogen-bond acceptors (Lipinski definition) is 3. The number of carbonyl (C=O) groups is 1. The highest BCUT2D eigenvalue weighted by Gasteiger charge is 2.29. The van der Waals surface area contributed by atoms with Crippen molar-refractivity contribution in [2.45, 2.75) is 57.7 Å². The van der Waals surface area contributed by atoms with E-state index in [1.807, 2.05) is 11.9 Å². The van der Waals surface area contributed by atoms with Gasteiger partial charge in [-0.25, -0.2) is 0 Å². The summed E-state index contributed by atoms with van der Waals surface area (Å²) in [7, 11) is 4.05. The Balaban J connectivity index is 0. The summed E-state index contributed by atoms with van der Waals surface area (Å²) in [6.07, 6.45) is 3.86. The standard InChI is InChI=1S/C13H27N3O.2ClH/c1-5-6-12(14)13(17)16(4)11-7-8-15(3)10(2)9-11;;/h10-12H,5-9,14H2,1-4H3;2*1H. The molecule has 0 saturated carbocycles. The first kappa shape index (κ1) is 21.3. The molecular weight excluding hydrogens is 285 g/mol. The van der Waals surface area contributed by atoms with Crippen LogP contribution in [0.25, 0.3) is 0 Å². The number of hydrogen-bond donors (Lipinski definition) is 1. The molecule has 1 heterocycles. The Labute approximate surface area is 129 Å². The van der Waals surface area contributed by atoms with Crippen LogP contribution in [-0.4, -0.2) is 54.5 Å². The van der Waals surface area contributed by atoms with Crippen molar-refractivity contribution in [3.05, 3.63) is 0 Å². The molecule has 0 aromatic carbocycles. The highest BCUT2D eigenvalue weighted by molar-refractivity contribution is 5.85. The van der Waals surface area contributed by atoms with Crippen molar-refractivity contribution in [1.82, 2.24) is 9.80 Å². The lowest BCUT2D eigenvalue weighted by atomic mass is 9.97. The molecule has 0 aromatic rings. The van der Waals surface area contributed by atoms with E-state index in [1.54, 1.807) is 0 Å². The monoisotopic (exact) mass is 313 g/mol. The lowest BCUT2D eigenvalue weighted by Crippen LogP contribution is -2.51. The average molecular weight is 314 g/mol. The maximum atomic E-state index is 12.1. The Bertz CT molecular complexity index is 266. The number of nitrogens with zero attached hydrogens (tertiary/aromatic N) is 2. The van der Waals surface area contributed by atoms with Crippen molar-refractivity contribution in [2.24, 2.45) is 5.73 Å². The minimum Gasteiger partial charge on any atom is -0.341 e. The highest BCUT2D eigenvalue weighted by atomic mass is 35.5. The third kappa shape index (κ3) is 5.86. The average Bonchev–Trinajstić information content (AvgIpc) is 2.31. The molecule has 0 bridgehead atoms. The zero-order valence-corrected chi connectivity index (χ0v) is 14.1. The first-order valence-electron chi connectivity index (χ1n) is 6.69. The van der Waals surface area contributed by atoms with Crippen LogP contribution < -0.4 is 5.73 Å². The number of piperidine rings is 1. The van der Waals surface area contributed by atoms with Crippen molar-refractivity contribution < 1.29 is 4.79 Å². The summed E-state index contributed by atoms with van der Waals surface area (Å²) in [5.74, 6) is 0.105. The van der Waals surface area contributed by atoms with Gasteiger partial charge in [0, 0.05) is 25.7 Å². The topological polar surface area (TPSA) is 49.6 Å². The molecule has 2 N–H and O–H groups in total. The van der Waals surface area contributed by atoms with Crippen molar-refractivity contribution in [3.63, 3.8) is 0 Å². The molecule has 0 radical (unpaired) electrons. The van der Waals surface area contributed by atoms with Gasteiger partial charge in [-0.2, -0.15) is 0 Å². The van der Waals surface area contributed by atoms with E-state index in [1.165, 1.54) is 0 Å². The first-order valence-corrected chi connectivity index (χ1v) is 6.69. The molecule has 116 valence electrons. The highest BCUT2D eigenvalue weighted by Crippen LogP contribution is 2.20. The largest absolute Gasteiger partial charge is 0.341 e. The van der Waals surface area contributed by atoms with Gasteiger partial charge in [0.2, 0.25) is 5.91 Å². The van der Waals surface area contributed by atoms with E-state index in [0.29, 0.717) is 12.1 Å². The maximum absolute atomic E-state index is 12.1. The smallest absolute Gasteiger partial charge is 0.239 e. The number of halogens is 2. The Kier molecular flexibility index (Phi) is 11.0. The molecule has 1 fully saturated rings. The molecule has 1 saturated heterocycles. The Morgan fingerprint density at radius 2 is 2.05 bits per heavy atom. The normalized spacial score (nSPS) is 24.9. The fraction of sp³-hybridized carbons (Fsp3) is 0.923. The van der Waals surface area contributed by atoms with E-state index in [4.69, 9.17) is 5.73 Å². The van der Waals surface area contributed by atoms with Gasteiger partial charge in [-0.15, -0.1) is 24.8 Å². The van der Waals surface area contributed by atoms with Gasteiger partial charge in [0.15, 0.2) is 0 Å². The van der Waals surface area contributed by atoms with Crippen molar-refractivity contribution in [1.29, 1.82) is 0 Å². The molecule has 1 aliphatic heterocycles. The van der Waals surface area contributed by atoms with Gasteiger partial charge in [-0.1, -0.05) is 13.3 Å². The van der Waals surface area contributed by atoms with E-state index in [-0.39, 0.29) is 36.8 Å². The Morgan fingerprint density at radius 3 is 2.53 bits per heavy atom. The van der Waals surface area contributed by atoms with Gasteiger partial charge in [0.05, 0.1) is 6.04 Å². The van der Waals surface area contributed by atoms with Crippen LogP contribution in [0.1, 0.15) is 39.5 Å². The number of likely N-dealkylation sites (N-methyl/N-ethyl adjacent to an activating group) is 1. The second-order valence-electron chi connectivity index (χ2n) is 5.35. The number of likely N-dealkylation sites (tertiary alicyclic amines) is 1. The van der Waals surface area contributed by atoms with Gasteiger partial charge in [-0.05, 0) is 33.2 Å². The summed E-state index contributed by atoms with van der Waals surface area (Å²) in [6.45, 7) is 5.34. The molecule has 3 unspecified atom stereocenters. The number of rotatable bonds is 4. The van der Waals surface area contributed by atoms with Crippen LogP contribution in [0, 0.1) is 0 Å². The summed E-state index contributed by atoms with van der Waals surface area (Å²) < 4.78 is 0. The zero-order chi connectivity index (χ0) is 13.0. The van der Waals surface area contributed by atoms with E-state index in [0.717, 1.165) is 32.2 Å². The molecule has 6 heteroatoms. The number of carbonyl (C=O) groups excluding carboxylic acids is 1. The van der Waals surface area contributed by atoms with Crippen LogP contribution in [-0.2, 0) is 4.79 Å². The van der Waals surface area contributed by atoms with Crippen LogP contribution in [0.2, 0.25) is 0 Å². The van der Waals surface area contributed by atoms with Crippen LogP contribution >= 0.6 is 24.8 Å². The molecule has 1 aliphatic rings. The SMILES string of the molecule is CCCC(N)C(=O)N(C)C1CCN(C)C(C)C1.Cl.Cl. The first-order chi connectivity index (χ1) is 7.97. The van der Waals surface area contributed by atoms with Crippen LogP contribution in [0.5, 0.6) is 0 Å². The lowest BCUT2D eigenvalue weighted by Gasteiger charge is -2.40. The Morgan fingerprint density at radius 1 is 1.47 bits per heavy atom. The van der Waals surface area contributed by atoms with E-state index in [2.05, 4.69) is 25.8 Å². The van der Waals surface area contributed by atoms with Crippen molar-refractivity contribution >= 4 is 30.7 Å². The van der Waals surface area contributed by atoms with Gasteiger partial charge in [0.1, 0.15) is 0 Å². The van der Waals surface area contributed by atoms with E-state index >= 15 is 0 Å². The Hall–Kier alpha value is -0.0300. The minimum atomic E-state index is -0.319. The predicted octanol–water partition coefficient (Wildman–Crippen LogP) is 1.90. The fourth-order valence-electron chi connectivity index (χ4n) is 2.49. The van der Waals surface area contributed by atoms with Crippen LogP contribution in [0.4, 0.5) is 0 Å². The molecule has 19 heavy (non-hydrogen) atoms. The van der Waals surface area contributed by atoms with Gasteiger partial charge in [0.25, 0.3) is 0 Å². The van der Waals surface area contributed by atoms with Gasteiger partial charge >= 0.3 is 0 Å². The summed E-state index contributed by atoms with van der Waals surface area (Å²) in [4.78, 5) is 16.3. The number of nitrogens with two attached hydrogens (primary N) is 1.